The maximum Gasteiger partial charge on any atom is 0.0780 e. The van der Waals surface area contributed by atoms with Gasteiger partial charge in [0.15, 0.2) is 0 Å². The molecule has 0 amide bonds. The lowest BCUT2D eigenvalue weighted by Crippen LogP contribution is -2.27. The molecule has 0 aliphatic carbocycles. The average Bonchev–Trinajstić information content (AvgIpc) is 2.24. The summed E-state index contributed by atoms with van der Waals surface area (Å²) < 4.78 is 11.0. The Balaban J connectivity index is 3.31. The molecular formula is C12H27NO2. The van der Waals surface area contributed by atoms with Crippen molar-refractivity contribution in [1.82, 2.24) is 5.32 Å². The SMILES string of the molecule is CCCNCC(C)COC(C)COCC. The number of hydrogen-bond donors (Lipinski definition) is 1. The topological polar surface area (TPSA) is 30.5 Å². The average molecular weight is 217 g/mol. The van der Waals surface area contributed by atoms with Gasteiger partial charge in [0.05, 0.1) is 19.3 Å². The van der Waals surface area contributed by atoms with E-state index < -0.39 is 0 Å². The third-order valence-electron chi connectivity index (χ3n) is 2.14. The molecule has 0 heterocycles. The molecular weight excluding hydrogens is 190 g/mol. The molecule has 15 heavy (non-hydrogen) atoms. The number of hydrogen-bond acceptors (Lipinski definition) is 3. The van der Waals surface area contributed by atoms with E-state index in [0.29, 0.717) is 12.5 Å². The van der Waals surface area contributed by atoms with Crippen molar-refractivity contribution < 1.29 is 9.47 Å². The maximum absolute atomic E-state index is 5.67. The number of rotatable bonds is 10. The Morgan fingerprint density at radius 2 is 1.87 bits per heavy atom. The van der Waals surface area contributed by atoms with Gasteiger partial charge in [-0.1, -0.05) is 13.8 Å². The van der Waals surface area contributed by atoms with Crippen LogP contribution in [0, 0.1) is 5.92 Å². The van der Waals surface area contributed by atoms with Crippen molar-refractivity contribution in [1.29, 1.82) is 0 Å². The lowest BCUT2D eigenvalue weighted by molar-refractivity contribution is -0.0148. The van der Waals surface area contributed by atoms with E-state index in [1.807, 2.05) is 6.92 Å². The summed E-state index contributed by atoms with van der Waals surface area (Å²) >= 11 is 0. The van der Waals surface area contributed by atoms with Crippen LogP contribution in [0.2, 0.25) is 0 Å². The third kappa shape index (κ3) is 10.2. The molecule has 1 N–H and O–H groups in total. The van der Waals surface area contributed by atoms with Crippen LogP contribution in [-0.2, 0) is 9.47 Å². The van der Waals surface area contributed by atoms with Crippen molar-refractivity contribution in [3.8, 4) is 0 Å². The van der Waals surface area contributed by atoms with Crippen LogP contribution in [0.15, 0.2) is 0 Å². The standard InChI is InChI=1S/C12H27NO2/c1-5-7-13-8-11(3)9-15-12(4)10-14-6-2/h11-13H,5-10H2,1-4H3. The molecule has 0 radical (unpaired) electrons. The number of ether oxygens (including phenoxy) is 2. The van der Waals surface area contributed by atoms with Gasteiger partial charge in [-0.25, -0.2) is 0 Å². The Bertz CT molecular complexity index is 131. The zero-order valence-electron chi connectivity index (χ0n) is 10.7. The van der Waals surface area contributed by atoms with Crippen LogP contribution in [0.4, 0.5) is 0 Å². The highest BCUT2D eigenvalue weighted by molar-refractivity contribution is 4.57. The van der Waals surface area contributed by atoms with Crippen LogP contribution in [0.25, 0.3) is 0 Å². The van der Waals surface area contributed by atoms with Gasteiger partial charge in [-0.3, -0.25) is 0 Å². The predicted molar refractivity (Wildman–Crippen MR) is 64.2 cm³/mol. The minimum atomic E-state index is 0.207. The fraction of sp³-hybridized carbons (Fsp3) is 1.00. The molecule has 2 unspecified atom stereocenters. The fourth-order valence-corrected chi connectivity index (χ4v) is 1.24. The fourth-order valence-electron chi connectivity index (χ4n) is 1.24. The van der Waals surface area contributed by atoms with Crippen LogP contribution < -0.4 is 5.32 Å². The summed E-state index contributed by atoms with van der Waals surface area (Å²) in [6.07, 6.45) is 1.40. The van der Waals surface area contributed by atoms with E-state index in [0.717, 1.165) is 26.3 Å². The molecule has 0 aromatic carbocycles. The van der Waals surface area contributed by atoms with Crippen LogP contribution in [0.3, 0.4) is 0 Å². The quantitative estimate of drug-likeness (QED) is 0.568. The van der Waals surface area contributed by atoms with Gasteiger partial charge in [0.1, 0.15) is 0 Å². The van der Waals surface area contributed by atoms with E-state index in [4.69, 9.17) is 9.47 Å². The normalized spacial score (nSPS) is 15.2. The molecule has 3 nitrogen and oxygen atoms in total. The van der Waals surface area contributed by atoms with Crippen LogP contribution in [0.5, 0.6) is 0 Å². The van der Waals surface area contributed by atoms with Crippen molar-refractivity contribution in [3.63, 3.8) is 0 Å². The lowest BCUT2D eigenvalue weighted by Gasteiger charge is -2.17. The molecule has 0 aliphatic rings. The second kappa shape index (κ2) is 10.4. The monoisotopic (exact) mass is 217 g/mol. The number of nitrogens with one attached hydrogen (secondary N) is 1. The summed E-state index contributed by atoms with van der Waals surface area (Å²) in [5.41, 5.74) is 0. The molecule has 0 aromatic rings. The minimum Gasteiger partial charge on any atom is -0.379 e. The van der Waals surface area contributed by atoms with E-state index in [-0.39, 0.29) is 6.10 Å². The molecule has 2 atom stereocenters. The van der Waals surface area contributed by atoms with Gasteiger partial charge < -0.3 is 14.8 Å². The van der Waals surface area contributed by atoms with E-state index in [2.05, 4.69) is 26.1 Å². The van der Waals surface area contributed by atoms with Crippen molar-refractivity contribution in [2.45, 2.75) is 40.2 Å². The van der Waals surface area contributed by atoms with Crippen molar-refractivity contribution in [3.05, 3.63) is 0 Å². The molecule has 0 aromatic heterocycles. The van der Waals surface area contributed by atoms with Gasteiger partial charge in [0.2, 0.25) is 0 Å². The maximum atomic E-state index is 5.67. The first-order valence-electron chi connectivity index (χ1n) is 6.10. The Morgan fingerprint density at radius 1 is 1.13 bits per heavy atom. The summed E-state index contributed by atoms with van der Waals surface area (Å²) in [5, 5.41) is 3.39. The van der Waals surface area contributed by atoms with E-state index >= 15 is 0 Å². The zero-order valence-corrected chi connectivity index (χ0v) is 10.7. The Morgan fingerprint density at radius 3 is 2.47 bits per heavy atom. The van der Waals surface area contributed by atoms with Crippen LogP contribution >= 0.6 is 0 Å². The largest absolute Gasteiger partial charge is 0.379 e. The molecule has 0 saturated heterocycles. The predicted octanol–water partition coefficient (Wildman–Crippen LogP) is 2.06. The Kier molecular flexibility index (Phi) is 10.3. The first-order chi connectivity index (χ1) is 7.20. The van der Waals surface area contributed by atoms with Crippen molar-refractivity contribution >= 4 is 0 Å². The van der Waals surface area contributed by atoms with Gasteiger partial charge in [-0.15, -0.1) is 0 Å². The highest BCUT2D eigenvalue weighted by Crippen LogP contribution is 1.99. The zero-order chi connectivity index (χ0) is 11.5. The second-order valence-electron chi connectivity index (χ2n) is 4.11. The molecule has 0 rings (SSSR count). The summed E-state index contributed by atoms with van der Waals surface area (Å²) in [7, 11) is 0. The van der Waals surface area contributed by atoms with Gasteiger partial charge in [0.25, 0.3) is 0 Å². The van der Waals surface area contributed by atoms with Gasteiger partial charge in [-0.05, 0) is 39.3 Å². The third-order valence-corrected chi connectivity index (χ3v) is 2.14. The second-order valence-corrected chi connectivity index (χ2v) is 4.11. The van der Waals surface area contributed by atoms with Gasteiger partial charge in [0, 0.05) is 6.61 Å². The van der Waals surface area contributed by atoms with Gasteiger partial charge >= 0.3 is 0 Å². The molecule has 0 spiro atoms. The van der Waals surface area contributed by atoms with E-state index in [1.165, 1.54) is 6.42 Å². The highest BCUT2D eigenvalue weighted by atomic mass is 16.5. The smallest absolute Gasteiger partial charge is 0.0780 e. The molecule has 0 bridgehead atoms. The first-order valence-corrected chi connectivity index (χ1v) is 6.10. The minimum absolute atomic E-state index is 0.207. The van der Waals surface area contributed by atoms with E-state index in [9.17, 15) is 0 Å². The Labute approximate surface area is 94.5 Å². The van der Waals surface area contributed by atoms with Gasteiger partial charge in [-0.2, -0.15) is 0 Å². The summed E-state index contributed by atoms with van der Waals surface area (Å²) in [6.45, 7) is 12.9. The van der Waals surface area contributed by atoms with E-state index in [1.54, 1.807) is 0 Å². The van der Waals surface area contributed by atoms with Crippen LogP contribution in [0.1, 0.15) is 34.1 Å². The summed E-state index contributed by atoms with van der Waals surface area (Å²) in [5.74, 6) is 0.570. The summed E-state index contributed by atoms with van der Waals surface area (Å²) in [6, 6.07) is 0. The first kappa shape index (κ1) is 14.9. The highest BCUT2D eigenvalue weighted by Gasteiger charge is 2.06. The van der Waals surface area contributed by atoms with Crippen molar-refractivity contribution in [2.24, 2.45) is 5.92 Å². The summed E-state index contributed by atoms with van der Waals surface area (Å²) in [4.78, 5) is 0. The molecule has 3 heteroatoms. The molecule has 0 saturated carbocycles. The molecule has 92 valence electrons. The molecule has 0 fully saturated rings. The molecule has 0 aliphatic heterocycles. The lowest BCUT2D eigenvalue weighted by atomic mass is 10.2. The Hall–Kier alpha value is -0.120. The van der Waals surface area contributed by atoms with Crippen LogP contribution in [-0.4, -0.2) is 39.0 Å². The van der Waals surface area contributed by atoms with Crippen molar-refractivity contribution in [2.75, 3.05) is 32.9 Å².